The highest BCUT2D eigenvalue weighted by Crippen LogP contribution is 2.27. The van der Waals surface area contributed by atoms with Gasteiger partial charge in [0.25, 0.3) is 0 Å². The molecule has 3 heteroatoms. The molecule has 1 saturated carbocycles. The fraction of sp³-hybridized carbons (Fsp3) is 1.00. The molecule has 2 fully saturated rings. The highest BCUT2D eigenvalue weighted by molar-refractivity contribution is 4.87. The molecule has 15 heavy (non-hydrogen) atoms. The van der Waals surface area contributed by atoms with Gasteiger partial charge < -0.3 is 15.0 Å². The molecule has 88 valence electrons. The number of methoxy groups -OCH3 is 1. The first-order valence-electron chi connectivity index (χ1n) is 6.23. The van der Waals surface area contributed by atoms with Crippen molar-refractivity contribution in [2.24, 2.45) is 5.92 Å². The van der Waals surface area contributed by atoms with Gasteiger partial charge in [0.1, 0.15) is 0 Å². The molecule has 1 atom stereocenters. The van der Waals surface area contributed by atoms with E-state index in [1.54, 1.807) is 0 Å². The Morgan fingerprint density at radius 3 is 2.80 bits per heavy atom. The molecule has 2 rings (SSSR count). The van der Waals surface area contributed by atoms with Gasteiger partial charge in [-0.15, -0.1) is 0 Å². The van der Waals surface area contributed by atoms with Gasteiger partial charge in [0.05, 0.1) is 6.10 Å². The Kier molecular flexibility index (Phi) is 4.00. The SMILES string of the molecule is COC1CC(N(C)CC2CCCNC2)C1. The number of hydrogen-bond donors (Lipinski definition) is 1. The Morgan fingerprint density at radius 1 is 1.40 bits per heavy atom. The van der Waals surface area contributed by atoms with Crippen LogP contribution in [-0.4, -0.2) is 50.8 Å². The highest BCUT2D eigenvalue weighted by atomic mass is 16.5. The number of hydrogen-bond acceptors (Lipinski definition) is 3. The van der Waals surface area contributed by atoms with E-state index in [0.29, 0.717) is 6.10 Å². The van der Waals surface area contributed by atoms with Crippen LogP contribution in [0.1, 0.15) is 25.7 Å². The molecule has 1 heterocycles. The van der Waals surface area contributed by atoms with E-state index in [1.807, 2.05) is 7.11 Å². The summed E-state index contributed by atoms with van der Waals surface area (Å²) >= 11 is 0. The summed E-state index contributed by atoms with van der Waals surface area (Å²) < 4.78 is 5.32. The molecule has 3 nitrogen and oxygen atoms in total. The minimum absolute atomic E-state index is 0.530. The molecule has 0 aromatic carbocycles. The van der Waals surface area contributed by atoms with Crippen LogP contribution in [0.4, 0.5) is 0 Å². The Balaban J connectivity index is 1.66. The molecule has 0 aromatic heterocycles. The van der Waals surface area contributed by atoms with Crippen LogP contribution in [0.3, 0.4) is 0 Å². The predicted octanol–water partition coefficient (Wildman–Crippen LogP) is 1.10. The van der Waals surface area contributed by atoms with Crippen molar-refractivity contribution in [3.8, 4) is 0 Å². The van der Waals surface area contributed by atoms with Crippen LogP contribution in [0.15, 0.2) is 0 Å². The number of nitrogens with zero attached hydrogens (tertiary/aromatic N) is 1. The molecule has 1 N–H and O–H groups in total. The van der Waals surface area contributed by atoms with Crippen LogP contribution in [0.2, 0.25) is 0 Å². The molecule has 1 unspecified atom stereocenters. The molecule has 1 aliphatic heterocycles. The smallest absolute Gasteiger partial charge is 0.0601 e. The maximum absolute atomic E-state index is 5.32. The van der Waals surface area contributed by atoms with Gasteiger partial charge in [0.2, 0.25) is 0 Å². The third-order valence-corrected chi connectivity index (χ3v) is 3.97. The van der Waals surface area contributed by atoms with Gasteiger partial charge in [-0.3, -0.25) is 0 Å². The fourth-order valence-electron chi connectivity index (χ4n) is 2.73. The van der Waals surface area contributed by atoms with E-state index in [1.165, 1.54) is 45.3 Å². The van der Waals surface area contributed by atoms with E-state index in [0.717, 1.165) is 12.0 Å². The van der Waals surface area contributed by atoms with Crippen molar-refractivity contribution in [1.82, 2.24) is 10.2 Å². The minimum atomic E-state index is 0.530. The minimum Gasteiger partial charge on any atom is -0.381 e. The summed E-state index contributed by atoms with van der Waals surface area (Å²) in [5, 5.41) is 3.48. The van der Waals surface area contributed by atoms with E-state index in [2.05, 4.69) is 17.3 Å². The standard InChI is InChI=1S/C12H24N2O/c1-14(11-6-12(7-11)15-2)9-10-4-3-5-13-8-10/h10-13H,3-9H2,1-2H3. The van der Waals surface area contributed by atoms with E-state index < -0.39 is 0 Å². The summed E-state index contributed by atoms with van der Waals surface area (Å²) in [4.78, 5) is 2.53. The second kappa shape index (κ2) is 5.28. The van der Waals surface area contributed by atoms with E-state index >= 15 is 0 Å². The summed E-state index contributed by atoms with van der Waals surface area (Å²) in [6, 6.07) is 0.775. The fourth-order valence-corrected chi connectivity index (χ4v) is 2.73. The number of rotatable bonds is 4. The molecule has 0 spiro atoms. The van der Waals surface area contributed by atoms with Gasteiger partial charge in [-0.2, -0.15) is 0 Å². The average molecular weight is 212 g/mol. The third kappa shape index (κ3) is 2.92. The van der Waals surface area contributed by atoms with Crippen molar-refractivity contribution in [1.29, 1.82) is 0 Å². The van der Waals surface area contributed by atoms with E-state index in [-0.39, 0.29) is 0 Å². The molecule has 1 saturated heterocycles. The van der Waals surface area contributed by atoms with Crippen LogP contribution in [0.25, 0.3) is 0 Å². The summed E-state index contributed by atoms with van der Waals surface area (Å²) in [7, 11) is 4.09. The Labute approximate surface area is 93.2 Å². The van der Waals surface area contributed by atoms with Crippen molar-refractivity contribution >= 4 is 0 Å². The van der Waals surface area contributed by atoms with Crippen molar-refractivity contribution in [3.63, 3.8) is 0 Å². The van der Waals surface area contributed by atoms with Gasteiger partial charge in [-0.1, -0.05) is 0 Å². The maximum Gasteiger partial charge on any atom is 0.0601 e. The zero-order chi connectivity index (χ0) is 10.7. The second-order valence-corrected chi connectivity index (χ2v) is 5.13. The zero-order valence-corrected chi connectivity index (χ0v) is 10.0. The first kappa shape index (κ1) is 11.4. The summed E-state index contributed by atoms with van der Waals surface area (Å²) in [6.07, 6.45) is 5.74. The lowest BCUT2D eigenvalue weighted by atomic mass is 9.87. The number of ether oxygens (including phenoxy) is 1. The predicted molar refractivity (Wildman–Crippen MR) is 62.0 cm³/mol. The molecule has 0 aromatic rings. The monoisotopic (exact) mass is 212 g/mol. The van der Waals surface area contributed by atoms with Crippen LogP contribution < -0.4 is 5.32 Å². The van der Waals surface area contributed by atoms with Gasteiger partial charge in [0, 0.05) is 19.7 Å². The largest absolute Gasteiger partial charge is 0.381 e. The Bertz CT molecular complexity index is 186. The molecule has 0 amide bonds. The van der Waals surface area contributed by atoms with Gasteiger partial charge in [-0.05, 0) is 51.7 Å². The lowest BCUT2D eigenvalue weighted by Gasteiger charge is -2.42. The Morgan fingerprint density at radius 2 is 2.20 bits per heavy atom. The second-order valence-electron chi connectivity index (χ2n) is 5.13. The lowest BCUT2D eigenvalue weighted by molar-refractivity contribution is -0.0237. The van der Waals surface area contributed by atoms with Gasteiger partial charge in [0.15, 0.2) is 0 Å². The zero-order valence-electron chi connectivity index (χ0n) is 10.0. The number of nitrogens with one attached hydrogen (secondary N) is 1. The molecule has 0 radical (unpaired) electrons. The van der Waals surface area contributed by atoms with Crippen LogP contribution in [-0.2, 0) is 4.74 Å². The van der Waals surface area contributed by atoms with E-state index in [4.69, 9.17) is 4.74 Å². The van der Waals surface area contributed by atoms with Crippen LogP contribution in [0.5, 0.6) is 0 Å². The highest BCUT2D eigenvalue weighted by Gasteiger charge is 2.32. The van der Waals surface area contributed by atoms with Crippen molar-refractivity contribution in [2.75, 3.05) is 33.8 Å². The summed E-state index contributed by atoms with van der Waals surface area (Å²) in [5.41, 5.74) is 0. The normalized spacial score (nSPS) is 36.6. The van der Waals surface area contributed by atoms with Crippen molar-refractivity contribution in [3.05, 3.63) is 0 Å². The average Bonchev–Trinajstić information content (AvgIpc) is 2.17. The number of piperidine rings is 1. The van der Waals surface area contributed by atoms with Crippen molar-refractivity contribution < 1.29 is 4.74 Å². The molecule has 2 aliphatic rings. The van der Waals surface area contributed by atoms with E-state index in [9.17, 15) is 0 Å². The van der Waals surface area contributed by atoms with Crippen LogP contribution in [0, 0.1) is 5.92 Å². The van der Waals surface area contributed by atoms with Gasteiger partial charge in [-0.25, -0.2) is 0 Å². The first-order valence-corrected chi connectivity index (χ1v) is 6.23. The van der Waals surface area contributed by atoms with Crippen LogP contribution >= 0.6 is 0 Å². The topological polar surface area (TPSA) is 24.5 Å². The third-order valence-electron chi connectivity index (χ3n) is 3.97. The lowest BCUT2D eigenvalue weighted by Crippen LogP contribution is -2.48. The molecule has 1 aliphatic carbocycles. The summed E-state index contributed by atoms with van der Waals surface area (Å²) in [5.74, 6) is 0.866. The van der Waals surface area contributed by atoms with Gasteiger partial charge >= 0.3 is 0 Å². The first-order chi connectivity index (χ1) is 7.29. The molecular formula is C12H24N2O. The van der Waals surface area contributed by atoms with Crippen molar-refractivity contribution in [2.45, 2.75) is 37.8 Å². The quantitative estimate of drug-likeness (QED) is 0.755. The maximum atomic E-state index is 5.32. The summed E-state index contributed by atoms with van der Waals surface area (Å²) in [6.45, 7) is 3.69. The Hall–Kier alpha value is -0.120. The molecule has 0 bridgehead atoms. The molecular weight excluding hydrogens is 188 g/mol.